The number of carbonyl (C=O) groups excluding carboxylic acids is 1. The van der Waals surface area contributed by atoms with Crippen LogP contribution in [-0.4, -0.2) is 42.9 Å². The number of methoxy groups -OCH3 is 1. The molecule has 1 aromatic heterocycles. The topological polar surface area (TPSA) is 71.5 Å². The van der Waals surface area contributed by atoms with Crippen LogP contribution in [0.25, 0.3) is 0 Å². The zero-order valence-electron chi connectivity index (χ0n) is 10.3. The third-order valence-corrected chi connectivity index (χ3v) is 2.12. The Morgan fingerprint density at radius 1 is 1.61 bits per heavy atom. The molecule has 1 amide bonds. The monoisotopic (exact) mass is 248 g/mol. The Hall–Kier alpha value is -1.90. The molecule has 0 unspecified atom stereocenters. The van der Waals surface area contributed by atoms with Gasteiger partial charge in [-0.05, 0) is 6.07 Å². The van der Waals surface area contributed by atoms with Gasteiger partial charge in [0, 0.05) is 32.5 Å². The number of nitrogens with zero attached hydrogens (tertiary/aromatic N) is 1. The van der Waals surface area contributed by atoms with Gasteiger partial charge in [0.2, 0.25) is 0 Å². The molecule has 0 saturated carbocycles. The number of rotatable bonds is 5. The zero-order chi connectivity index (χ0) is 13.2. The van der Waals surface area contributed by atoms with Gasteiger partial charge >= 0.3 is 0 Å². The summed E-state index contributed by atoms with van der Waals surface area (Å²) in [7, 11) is 1.57. The molecule has 2 N–H and O–H groups in total. The van der Waals surface area contributed by atoms with Gasteiger partial charge < -0.3 is 15.2 Å². The number of aliphatic hydroxyl groups excluding tert-OH is 1. The first-order valence-corrected chi connectivity index (χ1v) is 5.60. The van der Waals surface area contributed by atoms with Crippen LogP contribution in [0.5, 0.6) is 0 Å². The first-order chi connectivity index (χ1) is 8.79. The van der Waals surface area contributed by atoms with Gasteiger partial charge in [-0.1, -0.05) is 11.8 Å². The molecular formula is C13H16N2O3. The average Bonchev–Trinajstić information content (AvgIpc) is 2.40. The molecule has 0 aliphatic carbocycles. The molecule has 0 aliphatic heterocycles. The molecule has 0 aromatic carbocycles. The first kappa shape index (κ1) is 14.2. The van der Waals surface area contributed by atoms with E-state index in [2.05, 4.69) is 22.1 Å². The Bertz CT molecular complexity index is 449. The quantitative estimate of drug-likeness (QED) is 0.576. The molecule has 0 bridgehead atoms. The largest absolute Gasteiger partial charge is 0.395 e. The summed E-state index contributed by atoms with van der Waals surface area (Å²) in [6.07, 6.45) is 3.46. The highest BCUT2D eigenvalue weighted by Crippen LogP contribution is 2.05. The number of nitrogens with one attached hydrogen (secondary N) is 1. The number of hydrogen-bond acceptors (Lipinski definition) is 4. The van der Waals surface area contributed by atoms with Gasteiger partial charge in [-0.25, -0.2) is 0 Å². The van der Waals surface area contributed by atoms with Crippen molar-refractivity contribution < 1.29 is 14.6 Å². The normalized spacial score (nSPS) is 9.44. The van der Waals surface area contributed by atoms with E-state index < -0.39 is 0 Å². The molecule has 0 radical (unpaired) electrons. The predicted octanol–water partition coefficient (Wildman–Crippen LogP) is 0.192. The Labute approximate surface area is 106 Å². The molecule has 1 rings (SSSR count). The van der Waals surface area contributed by atoms with E-state index in [1.165, 1.54) is 6.20 Å². The van der Waals surface area contributed by atoms with E-state index in [-0.39, 0.29) is 12.5 Å². The van der Waals surface area contributed by atoms with Crippen LogP contribution in [0, 0.1) is 11.8 Å². The van der Waals surface area contributed by atoms with Gasteiger partial charge in [0.15, 0.2) is 0 Å². The number of amides is 1. The van der Waals surface area contributed by atoms with Crippen LogP contribution in [0.4, 0.5) is 0 Å². The highest BCUT2D eigenvalue weighted by Gasteiger charge is 2.08. The van der Waals surface area contributed by atoms with Crippen LogP contribution in [0.1, 0.15) is 22.3 Å². The van der Waals surface area contributed by atoms with E-state index in [0.717, 1.165) is 0 Å². The highest BCUT2D eigenvalue weighted by atomic mass is 16.5. The van der Waals surface area contributed by atoms with Crippen molar-refractivity contribution in [2.24, 2.45) is 0 Å². The molecule has 0 fully saturated rings. The Morgan fingerprint density at radius 3 is 3.17 bits per heavy atom. The standard InChI is InChI=1S/C13H16N2O3/c1-18-9-7-15-13(17)12-5-6-14-10-11(12)4-2-3-8-16/h5-6,10,16H,3,7-9H2,1H3,(H,15,17). The number of carbonyl (C=O) groups is 1. The molecule has 0 aliphatic rings. The second-order valence-electron chi connectivity index (χ2n) is 3.45. The SMILES string of the molecule is COCCNC(=O)c1ccncc1C#CCCO. The van der Waals surface area contributed by atoms with Crippen LogP contribution in [0.15, 0.2) is 18.5 Å². The van der Waals surface area contributed by atoms with Gasteiger partial charge in [0.05, 0.1) is 24.3 Å². The van der Waals surface area contributed by atoms with Crippen molar-refractivity contribution in [1.82, 2.24) is 10.3 Å². The number of pyridine rings is 1. The summed E-state index contributed by atoms with van der Waals surface area (Å²) in [6.45, 7) is 0.909. The van der Waals surface area contributed by atoms with Crippen LogP contribution >= 0.6 is 0 Å². The van der Waals surface area contributed by atoms with E-state index in [1.54, 1.807) is 19.4 Å². The maximum absolute atomic E-state index is 11.9. The van der Waals surface area contributed by atoms with E-state index in [1.807, 2.05) is 0 Å². The van der Waals surface area contributed by atoms with E-state index in [0.29, 0.717) is 30.7 Å². The molecule has 1 aromatic rings. The van der Waals surface area contributed by atoms with Crippen molar-refractivity contribution in [3.63, 3.8) is 0 Å². The summed E-state index contributed by atoms with van der Waals surface area (Å²) in [5.74, 6) is 5.38. The lowest BCUT2D eigenvalue weighted by Gasteiger charge is -2.05. The molecule has 18 heavy (non-hydrogen) atoms. The summed E-state index contributed by atoms with van der Waals surface area (Å²) in [5, 5.41) is 11.4. The van der Waals surface area contributed by atoms with Crippen LogP contribution in [-0.2, 0) is 4.74 Å². The Balaban J connectivity index is 2.75. The van der Waals surface area contributed by atoms with Gasteiger partial charge in [0.25, 0.3) is 5.91 Å². The lowest BCUT2D eigenvalue weighted by atomic mass is 10.1. The van der Waals surface area contributed by atoms with Crippen molar-refractivity contribution >= 4 is 5.91 Å². The summed E-state index contributed by atoms with van der Waals surface area (Å²) >= 11 is 0. The highest BCUT2D eigenvalue weighted by molar-refractivity contribution is 5.96. The minimum Gasteiger partial charge on any atom is -0.395 e. The summed E-state index contributed by atoms with van der Waals surface area (Å²) in [5.41, 5.74) is 1.03. The van der Waals surface area contributed by atoms with Gasteiger partial charge in [0.1, 0.15) is 0 Å². The molecular weight excluding hydrogens is 232 g/mol. The lowest BCUT2D eigenvalue weighted by Crippen LogP contribution is -2.27. The third kappa shape index (κ3) is 4.53. The average molecular weight is 248 g/mol. The lowest BCUT2D eigenvalue weighted by molar-refractivity contribution is 0.0937. The number of aliphatic hydroxyl groups is 1. The third-order valence-electron chi connectivity index (χ3n) is 2.12. The van der Waals surface area contributed by atoms with E-state index in [4.69, 9.17) is 9.84 Å². The van der Waals surface area contributed by atoms with Crippen LogP contribution in [0.2, 0.25) is 0 Å². The molecule has 96 valence electrons. The van der Waals surface area contributed by atoms with Gasteiger partial charge in [-0.3, -0.25) is 9.78 Å². The molecule has 1 heterocycles. The second-order valence-corrected chi connectivity index (χ2v) is 3.45. The van der Waals surface area contributed by atoms with Crippen molar-refractivity contribution in [3.05, 3.63) is 29.6 Å². The van der Waals surface area contributed by atoms with Crippen molar-refractivity contribution in [1.29, 1.82) is 0 Å². The molecule has 5 heteroatoms. The molecule has 0 saturated heterocycles. The molecule has 0 atom stereocenters. The van der Waals surface area contributed by atoms with E-state index in [9.17, 15) is 4.79 Å². The van der Waals surface area contributed by atoms with Crippen molar-refractivity contribution in [2.75, 3.05) is 26.9 Å². The number of hydrogen-bond donors (Lipinski definition) is 2. The predicted molar refractivity (Wildman–Crippen MR) is 67.0 cm³/mol. The molecule has 0 spiro atoms. The fourth-order valence-electron chi connectivity index (χ4n) is 1.27. The van der Waals surface area contributed by atoms with Gasteiger partial charge in [-0.2, -0.15) is 0 Å². The number of ether oxygens (including phenoxy) is 1. The van der Waals surface area contributed by atoms with E-state index >= 15 is 0 Å². The summed E-state index contributed by atoms with van der Waals surface area (Å²) in [6, 6.07) is 1.62. The smallest absolute Gasteiger partial charge is 0.252 e. The first-order valence-electron chi connectivity index (χ1n) is 5.60. The summed E-state index contributed by atoms with van der Waals surface area (Å²) in [4.78, 5) is 15.8. The zero-order valence-corrected chi connectivity index (χ0v) is 10.3. The van der Waals surface area contributed by atoms with Crippen LogP contribution in [0.3, 0.4) is 0 Å². The fraction of sp³-hybridized carbons (Fsp3) is 0.385. The van der Waals surface area contributed by atoms with Crippen LogP contribution < -0.4 is 5.32 Å². The van der Waals surface area contributed by atoms with Gasteiger partial charge in [-0.15, -0.1) is 0 Å². The maximum atomic E-state index is 11.9. The molecule has 5 nitrogen and oxygen atoms in total. The fourth-order valence-corrected chi connectivity index (χ4v) is 1.27. The second kappa shape index (κ2) is 8.23. The minimum atomic E-state index is -0.206. The van der Waals surface area contributed by atoms with Crippen molar-refractivity contribution in [3.8, 4) is 11.8 Å². The minimum absolute atomic E-state index is 0.00261. The Kier molecular flexibility index (Phi) is 6.47. The maximum Gasteiger partial charge on any atom is 0.252 e. The van der Waals surface area contributed by atoms with Crippen molar-refractivity contribution in [2.45, 2.75) is 6.42 Å². The number of aromatic nitrogens is 1. The summed E-state index contributed by atoms with van der Waals surface area (Å²) < 4.78 is 4.85. The Morgan fingerprint density at radius 2 is 2.44 bits per heavy atom.